The van der Waals surface area contributed by atoms with Crippen LogP contribution in [-0.2, 0) is 0 Å². The summed E-state index contributed by atoms with van der Waals surface area (Å²) in [5, 5.41) is 13.6. The number of rotatable bonds is 5. The van der Waals surface area contributed by atoms with Gasteiger partial charge in [-0.15, -0.1) is 0 Å². The third-order valence-electron chi connectivity index (χ3n) is 4.34. The van der Waals surface area contributed by atoms with Crippen LogP contribution in [0.2, 0.25) is 0 Å². The molecule has 0 unspecified atom stereocenters. The van der Waals surface area contributed by atoms with Crippen LogP contribution in [0.25, 0.3) is 21.5 Å². The standard InChI is InChI=1S/C23H19NO2/c25-13-14-26-22-12-6-3-9-19(22)16-24-23-20-10-4-1-7-17(20)15-18-8-2-5-11-21(18)23/h1-12,15-16,25H,13-14H2. The number of aliphatic hydroxyl groups excluding tert-OH is 1. The summed E-state index contributed by atoms with van der Waals surface area (Å²) in [6.07, 6.45) is 1.83. The van der Waals surface area contributed by atoms with Gasteiger partial charge in [0.2, 0.25) is 0 Å². The number of ether oxygens (including phenoxy) is 1. The molecule has 3 heteroatoms. The Hall–Kier alpha value is -3.17. The minimum atomic E-state index is -0.0144. The average Bonchev–Trinajstić information content (AvgIpc) is 2.70. The minimum absolute atomic E-state index is 0.0144. The van der Waals surface area contributed by atoms with Crippen molar-refractivity contribution in [3.05, 3.63) is 84.4 Å². The van der Waals surface area contributed by atoms with E-state index in [0.29, 0.717) is 0 Å². The Morgan fingerprint density at radius 3 is 2.12 bits per heavy atom. The zero-order valence-corrected chi connectivity index (χ0v) is 14.3. The molecule has 4 rings (SSSR count). The molecule has 1 N–H and O–H groups in total. The lowest BCUT2D eigenvalue weighted by Crippen LogP contribution is -2.03. The largest absolute Gasteiger partial charge is 0.491 e. The first-order valence-corrected chi connectivity index (χ1v) is 8.64. The van der Waals surface area contributed by atoms with Crippen molar-refractivity contribution in [2.24, 2.45) is 4.99 Å². The Kier molecular flexibility index (Phi) is 4.63. The van der Waals surface area contributed by atoms with E-state index in [-0.39, 0.29) is 13.2 Å². The van der Waals surface area contributed by atoms with Crippen LogP contribution >= 0.6 is 0 Å². The molecule has 4 aromatic rings. The van der Waals surface area contributed by atoms with Crippen LogP contribution in [-0.4, -0.2) is 24.5 Å². The van der Waals surface area contributed by atoms with Gasteiger partial charge in [0.05, 0.1) is 12.3 Å². The maximum atomic E-state index is 9.00. The van der Waals surface area contributed by atoms with Gasteiger partial charge in [-0.05, 0) is 29.0 Å². The highest BCUT2D eigenvalue weighted by Gasteiger charge is 2.06. The Balaban J connectivity index is 1.85. The molecule has 3 nitrogen and oxygen atoms in total. The van der Waals surface area contributed by atoms with Gasteiger partial charge < -0.3 is 9.84 Å². The fourth-order valence-electron chi connectivity index (χ4n) is 3.14. The summed E-state index contributed by atoms with van der Waals surface area (Å²) in [5.41, 5.74) is 1.84. The van der Waals surface area contributed by atoms with Crippen LogP contribution in [0.1, 0.15) is 5.56 Å². The van der Waals surface area contributed by atoms with Gasteiger partial charge in [-0.1, -0.05) is 60.7 Å². The van der Waals surface area contributed by atoms with Gasteiger partial charge in [0, 0.05) is 22.6 Å². The van der Waals surface area contributed by atoms with Crippen LogP contribution in [0.5, 0.6) is 5.75 Å². The average molecular weight is 341 g/mol. The van der Waals surface area contributed by atoms with E-state index in [4.69, 9.17) is 14.8 Å². The van der Waals surface area contributed by atoms with Crippen LogP contribution in [0.15, 0.2) is 83.9 Å². The highest BCUT2D eigenvalue weighted by Crippen LogP contribution is 2.35. The molecule has 0 aliphatic carbocycles. The second-order valence-electron chi connectivity index (χ2n) is 6.04. The smallest absolute Gasteiger partial charge is 0.128 e. The van der Waals surface area contributed by atoms with Crippen molar-refractivity contribution in [2.45, 2.75) is 0 Å². The van der Waals surface area contributed by atoms with Gasteiger partial charge in [0.1, 0.15) is 12.4 Å². The molecule has 128 valence electrons. The lowest BCUT2D eigenvalue weighted by molar-refractivity contribution is 0.201. The molecule has 0 aliphatic heterocycles. The monoisotopic (exact) mass is 341 g/mol. The normalized spacial score (nSPS) is 11.4. The Morgan fingerprint density at radius 1 is 0.808 bits per heavy atom. The summed E-state index contributed by atoms with van der Waals surface area (Å²) in [5.74, 6) is 0.717. The van der Waals surface area contributed by atoms with E-state index in [9.17, 15) is 0 Å². The molecule has 0 heterocycles. The predicted octanol–water partition coefficient (Wildman–Crippen LogP) is 5.11. The van der Waals surface area contributed by atoms with Crippen molar-refractivity contribution in [1.29, 1.82) is 0 Å². The molecule has 0 atom stereocenters. The van der Waals surface area contributed by atoms with Crippen molar-refractivity contribution >= 4 is 33.4 Å². The summed E-state index contributed by atoms with van der Waals surface area (Å²) in [6, 6.07) is 26.5. The molecule has 26 heavy (non-hydrogen) atoms. The minimum Gasteiger partial charge on any atom is -0.491 e. The summed E-state index contributed by atoms with van der Waals surface area (Å²) < 4.78 is 5.61. The van der Waals surface area contributed by atoms with E-state index >= 15 is 0 Å². The first-order valence-electron chi connectivity index (χ1n) is 8.64. The number of para-hydroxylation sites is 1. The fraction of sp³-hybridized carbons (Fsp3) is 0.0870. The zero-order chi connectivity index (χ0) is 17.8. The Morgan fingerprint density at radius 2 is 1.42 bits per heavy atom. The second kappa shape index (κ2) is 7.38. The molecule has 0 aromatic heterocycles. The molecule has 0 amide bonds. The van der Waals surface area contributed by atoms with Gasteiger partial charge in [-0.2, -0.15) is 0 Å². The number of nitrogens with zero attached hydrogens (tertiary/aromatic N) is 1. The molecule has 0 saturated heterocycles. The highest BCUT2D eigenvalue weighted by molar-refractivity contribution is 6.11. The quantitative estimate of drug-likeness (QED) is 0.405. The molecule has 0 saturated carbocycles. The van der Waals surface area contributed by atoms with Crippen molar-refractivity contribution in [1.82, 2.24) is 0 Å². The van der Waals surface area contributed by atoms with Crippen LogP contribution in [0.4, 0.5) is 5.69 Å². The summed E-state index contributed by atoms with van der Waals surface area (Å²) >= 11 is 0. The molecule has 0 spiro atoms. The molecular formula is C23H19NO2. The number of hydrogen-bond acceptors (Lipinski definition) is 3. The van der Waals surface area contributed by atoms with Crippen LogP contribution < -0.4 is 4.74 Å². The van der Waals surface area contributed by atoms with Crippen molar-refractivity contribution in [3.8, 4) is 5.75 Å². The molecule has 0 fully saturated rings. The highest BCUT2D eigenvalue weighted by atomic mass is 16.5. The van der Waals surface area contributed by atoms with Gasteiger partial charge >= 0.3 is 0 Å². The number of aliphatic hydroxyl groups is 1. The van der Waals surface area contributed by atoms with Gasteiger partial charge in [-0.25, -0.2) is 0 Å². The van der Waals surface area contributed by atoms with E-state index < -0.39 is 0 Å². The molecule has 0 bridgehead atoms. The maximum absolute atomic E-state index is 9.00. The number of benzene rings is 4. The third kappa shape index (κ3) is 3.17. The molecule has 4 aromatic carbocycles. The van der Waals surface area contributed by atoms with E-state index in [1.54, 1.807) is 0 Å². The SMILES string of the molecule is OCCOc1ccccc1C=Nc1c2ccccc2cc2ccccc12. The van der Waals surface area contributed by atoms with Crippen molar-refractivity contribution in [3.63, 3.8) is 0 Å². The summed E-state index contributed by atoms with van der Waals surface area (Å²) in [6.45, 7) is 0.251. The Bertz CT molecular complexity index is 1030. The van der Waals surface area contributed by atoms with E-state index in [1.807, 2.05) is 54.7 Å². The van der Waals surface area contributed by atoms with Crippen molar-refractivity contribution in [2.75, 3.05) is 13.2 Å². The van der Waals surface area contributed by atoms with Crippen LogP contribution in [0, 0.1) is 0 Å². The van der Waals surface area contributed by atoms with E-state index in [2.05, 4.69) is 30.3 Å². The topological polar surface area (TPSA) is 41.8 Å². The van der Waals surface area contributed by atoms with E-state index in [0.717, 1.165) is 27.8 Å². The Labute approximate surface area is 152 Å². The first-order chi connectivity index (χ1) is 12.9. The maximum Gasteiger partial charge on any atom is 0.128 e. The summed E-state index contributed by atoms with van der Waals surface area (Å²) in [7, 11) is 0. The lowest BCUT2D eigenvalue weighted by Gasteiger charge is -2.09. The van der Waals surface area contributed by atoms with Crippen molar-refractivity contribution < 1.29 is 9.84 Å². The van der Waals surface area contributed by atoms with Gasteiger partial charge in [0.15, 0.2) is 0 Å². The number of fused-ring (bicyclic) bond motifs is 2. The zero-order valence-electron chi connectivity index (χ0n) is 14.3. The second-order valence-corrected chi connectivity index (χ2v) is 6.04. The fourth-order valence-corrected chi connectivity index (χ4v) is 3.14. The summed E-state index contributed by atoms with van der Waals surface area (Å²) in [4.78, 5) is 4.83. The molecule has 0 aliphatic rings. The lowest BCUT2D eigenvalue weighted by atomic mass is 10.0. The molecular weight excluding hydrogens is 322 g/mol. The van der Waals surface area contributed by atoms with Gasteiger partial charge in [-0.3, -0.25) is 4.99 Å². The van der Waals surface area contributed by atoms with Crippen LogP contribution in [0.3, 0.4) is 0 Å². The third-order valence-corrected chi connectivity index (χ3v) is 4.34. The number of aliphatic imine (C=N–C) groups is 1. The predicted molar refractivity (Wildman–Crippen MR) is 108 cm³/mol. The number of hydrogen-bond donors (Lipinski definition) is 1. The van der Waals surface area contributed by atoms with Gasteiger partial charge in [0.25, 0.3) is 0 Å². The molecule has 0 radical (unpaired) electrons. The first kappa shape index (κ1) is 16.3. The van der Waals surface area contributed by atoms with E-state index in [1.165, 1.54) is 10.8 Å².